The van der Waals surface area contributed by atoms with Crippen LogP contribution in [0.4, 0.5) is 6.01 Å². The van der Waals surface area contributed by atoms with Crippen molar-refractivity contribution in [1.29, 1.82) is 0 Å². The third-order valence-corrected chi connectivity index (χ3v) is 3.46. The van der Waals surface area contributed by atoms with E-state index in [-0.39, 0.29) is 11.7 Å². The number of esters is 1. The van der Waals surface area contributed by atoms with Gasteiger partial charge in [-0.3, -0.25) is 0 Å². The maximum absolute atomic E-state index is 11.6. The molecule has 0 fully saturated rings. The third-order valence-electron chi connectivity index (χ3n) is 3.21. The first-order chi connectivity index (χ1) is 10.0. The lowest BCUT2D eigenvalue weighted by Gasteiger charge is -2.23. The Bertz CT molecular complexity index is 610. The van der Waals surface area contributed by atoms with Gasteiger partial charge < -0.3 is 14.1 Å². The lowest BCUT2D eigenvalue weighted by atomic mass is 10.1. The number of hydrogen-bond acceptors (Lipinski definition) is 5. The van der Waals surface area contributed by atoms with Crippen LogP contribution in [0.5, 0.6) is 0 Å². The van der Waals surface area contributed by atoms with Crippen LogP contribution in [0.25, 0.3) is 0 Å². The monoisotopic (exact) mass is 308 g/mol. The van der Waals surface area contributed by atoms with Crippen molar-refractivity contribution in [3.8, 4) is 0 Å². The number of aromatic nitrogens is 1. The number of halogens is 1. The van der Waals surface area contributed by atoms with Gasteiger partial charge in [0.05, 0.1) is 12.6 Å². The molecule has 0 N–H and O–H groups in total. The fourth-order valence-electron chi connectivity index (χ4n) is 1.86. The van der Waals surface area contributed by atoms with Crippen molar-refractivity contribution < 1.29 is 13.9 Å². The predicted molar refractivity (Wildman–Crippen MR) is 80.7 cm³/mol. The molecule has 112 valence electrons. The standard InChI is InChI=1S/C15H17ClN2O3/c1-4-20-14(19)13-9-21-15(17-13)18(3)10(2)11-5-7-12(16)8-6-11/h5-10H,4H2,1-3H3. The summed E-state index contributed by atoms with van der Waals surface area (Å²) in [6.07, 6.45) is 1.30. The van der Waals surface area contributed by atoms with Crippen LogP contribution in [0.2, 0.25) is 5.02 Å². The number of rotatable bonds is 5. The van der Waals surface area contributed by atoms with Crippen molar-refractivity contribution in [2.45, 2.75) is 19.9 Å². The van der Waals surface area contributed by atoms with Crippen LogP contribution in [-0.4, -0.2) is 24.6 Å². The molecule has 0 amide bonds. The molecule has 1 aromatic carbocycles. The zero-order valence-corrected chi connectivity index (χ0v) is 12.9. The Kier molecular flexibility index (Phi) is 4.85. The van der Waals surface area contributed by atoms with Crippen molar-refractivity contribution in [2.24, 2.45) is 0 Å². The molecule has 2 aromatic rings. The molecule has 2 rings (SSSR count). The van der Waals surface area contributed by atoms with Crippen LogP contribution in [0, 0.1) is 0 Å². The Morgan fingerprint density at radius 2 is 2.10 bits per heavy atom. The molecule has 5 nitrogen and oxygen atoms in total. The minimum Gasteiger partial charge on any atom is -0.461 e. The van der Waals surface area contributed by atoms with E-state index in [0.29, 0.717) is 17.6 Å². The van der Waals surface area contributed by atoms with E-state index < -0.39 is 5.97 Å². The second-order valence-electron chi connectivity index (χ2n) is 4.57. The molecular weight excluding hydrogens is 292 g/mol. The molecule has 21 heavy (non-hydrogen) atoms. The van der Waals surface area contributed by atoms with Crippen LogP contribution >= 0.6 is 11.6 Å². The van der Waals surface area contributed by atoms with Crippen LogP contribution in [-0.2, 0) is 4.74 Å². The zero-order chi connectivity index (χ0) is 15.4. The summed E-state index contributed by atoms with van der Waals surface area (Å²) in [5.74, 6) is -0.486. The van der Waals surface area contributed by atoms with Crippen molar-refractivity contribution in [2.75, 3.05) is 18.6 Å². The first-order valence-electron chi connectivity index (χ1n) is 6.64. The zero-order valence-electron chi connectivity index (χ0n) is 12.2. The minimum atomic E-state index is -0.486. The molecule has 6 heteroatoms. The topological polar surface area (TPSA) is 55.6 Å². The summed E-state index contributed by atoms with van der Waals surface area (Å²) in [5.41, 5.74) is 1.24. The van der Waals surface area contributed by atoms with E-state index >= 15 is 0 Å². The molecule has 0 saturated heterocycles. The molecule has 0 bridgehead atoms. The molecule has 0 aliphatic rings. The lowest BCUT2D eigenvalue weighted by molar-refractivity contribution is 0.0519. The third kappa shape index (κ3) is 3.55. The highest BCUT2D eigenvalue weighted by Crippen LogP contribution is 2.25. The SMILES string of the molecule is CCOC(=O)c1coc(N(C)C(C)c2ccc(Cl)cc2)n1. The van der Waals surface area contributed by atoms with E-state index in [1.165, 1.54) is 6.26 Å². The Hall–Kier alpha value is -2.01. The molecular formula is C15H17ClN2O3. The normalized spacial score (nSPS) is 12.0. The number of hydrogen-bond donors (Lipinski definition) is 0. The molecule has 0 aliphatic heterocycles. The summed E-state index contributed by atoms with van der Waals surface area (Å²) < 4.78 is 10.2. The minimum absolute atomic E-state index is 0.0240. The molecule has 0 radical (unpaired) electrons. The maximum Gasteiger partial charge on any atom is 0.360 e. The molecule has 0 saturated carbocycles. The van der Waals surface area contributed by atoms with Gasteiger partial charge in [-0.25, -0.2) is 4.79 Å². The fourth-order valence-corrected chi connectivity index (χ4v) is 1.98. The van der Waals surface area contributed by atoms with E-state index in [9.17, 15) is 4.79 Å². The van der Waals surface area contributed by atoms with Gasteiger partial charge in [0.1, 0.15) is 6.26 Å². The van der Waals surface area contributed by atoms with Gasteiger partial charge >= 0.3 is 5.97 Å². The van der Waals surface area contributed by atoms with Gasteiger partial charge in [-0.2, -0.15) is 4.98 Å². The van der Waals surface area contributed by atoms with Crippen molar-refractivity contribution in [1.82, 2.24) is 4.98 Å². The maximum atomic E-state index is 11.6. The molecule has 1 aromatic heterocycles. The average molecular weight is 309 g/mol. The van der Waals surface area contributed by atoms with E-state index in [0.717, 1.165) is 5.56 Å². The van der Waals surface area contributed by atoms with Crippen molar-refractivity contribution in [3.05, 3.63) is 46.8 Å². The first-order valence-corrected chi connectivity index (χ1v) is 7.01. The number of oxazole rings is 1. The highest BCUT2D eigenvalue weighted by Gasteiger charge is 2.19. The summed E-state index contributed by atoms with van der Waals surface area (Å²) in [7, 11) is 1.85. The van der Waals surface area contributed by atoms with Gasteiger partial charge in [-0.1, -0.05) is 23.7 Å². The largest absolute Gasteiger partial charge is 0.461 e. The number of anilines is 1. The Balaban J connectivity index is 2.14. The van der Waals surface area contributed by atoms with Crippen LogP contribution in [0.1, 0.15) is 35.9 Å². The summed E-state index contributed by atoms with van der Waals surface area (Å²) in [6, 6.07) is 7.94. The number of carbonyl (C=O) groups is 1. The Morgan fingerprint density at radius 3 is 2.71 bits per heavy atom. The second kappa shape index (κ2) is 6.63. The van der Waals surface area contributed by atoms with Gasteiger partial charge in [0.25, 0.3) is 6.01 Å². The average Bonchev–Trinajstić information content (AvgIpc) is 2.96. The van der Waals surface area contributed by atoms with Gasteiger partial charge in [-0.15, -0.1) is 0 Å². The quantitative estimate of drug-likeness (QED) is 0.788. The summed E-state index contributed by atoms with van der Waals surface area (Å²) in [5, 5.41) is 0.689. The van der Waals surface area contributed by atoms with Crippen molar-refractivity contribution >= 4 is 23.6 Å². The van der Waals surface area contributed by atoms with Crippen LogP contribution in [0.3, 0.4) is 0 Å². The summed E-state index contributed by atoms with van der Waals surface area (Å²) >= 11 is 5.88. The van der Waals surface area contributed by atoms with E-state index in [2.05, 4.69) is 4.98 Å². The van der Waals surface area contributed by atoms with Gasteiger partial charge in [-0.05, 0) is 31.5 Å². The fraction of sp³-hybridized carbons (Fsp3) is 0.333. The van der Waals surface area contributed by atoms with Crippen LogP contribution < -0.4 is 4.90 Å². The van der Waals surface area contributed by atoms with E-state index in [1.54, 1.807) is 6.92 Å². The predicted octanol–water partition coefficient (Wildman–Crippen LogP) is 3.70. The molecule has 1 atom stereocenters. The number of benzene rings is 1. The number of ether oxygens (including phenoxy) is 1. The highest BCUT2D eigenvalue weighted by molar-refractivity contribution is 6.30. The lowest BCUT2D eigenvalue weighted by Crippen LogP contribution is -2.22. The van der Waals surface area contributed by atoms with Crippen molar-refractivity contribution in [3.63, 3.8) is 0 Å². The number of nitrogens with zero attached hydrogens (tertiary/aromatic N) is 2. The van der Waals surface area contributed by atoms with E-state index in [1.807, 2.05) is 43.1 Å². The number of carbonyl (C=O) groups excluding carboxylic acids is 1. The molecule has 0 spiro atoms. The highest BCUT2D eigenvalue weighted by atomic mass is 35.5. The Labute approximate surface area is 128 Å². The molecule has 0 aliphatic carbocycles. The van der Waals surface area contributed by atoms with Crippen LogP contribution in [0.15, 0.2) is 34.9 Å². The molecule has 1 heterocycles. The van der Waals surface area contributed by atoms with Gasteiger partial charge in [0.15, 0.2) is 5.69 Å². The summed E-state index contributed by atoms with van der Waals surface area (Å²) in [4.78, 5) is 17.6. The smallest absolute Gasteiger partial charge is 0.360 e. The summed E-state index contributed by atoms with van der Waals surface area (Å²) in [6.45, 7) is 4.06. The first kappa shape index (κ1) is 15.4. The molecule has 1 unspecified atom stereocenters. The Morgan fingerprint density at radius 1 is 1.43 bits per heavy atom. The van der Waals surface area contributed by atoms with Gasteiger partial charge in [0.2, 0.25) is 0 Å². The van der Waals surface area contributed by atoms with Gasteiger partial charge in [0, 0.05) is 12.1 Å². The van der Waals surface area contributed by atoms with E-state index in [4.69, 9.17) is 20.8 Å². The second-order valence-corrected chi connectivity index (χ2v) is 5.01.